The molecule has 18 heavy (non-hydrogen) atoms. The van der Waals surface area contributed by atoms with Gasteiger partial charge in [-0.05, 0) is 25.6 Å². The lowest BCUT2D eigenvalue weighted by molar-refractivity contribution is 0.207. The molecule has 0 bridgehead atoms. The molecule has 0 spiro atoms. The van der Waals surface area contributed by atoms with E-state index in [9.17, 15) is 4.39 Å². The van der Waals surface area contributed by atoms with Crippen LogP contribution in [0.1, 0.15) is 18.9 Å². The van der Waals surface area contributed by atoms with E-state index in [4.69, 9.17) is 4.74 Å². The minimum absolute atomic E-state index is 0.182. The number of halogens is 1. The monoisotopic (exact) mass is 252 g/mol. The summed E-state index contributed by atoms with van der Waals surface area (Å²) in [6.07, 6.45) is 1.14. The van der Waals surface area contributed by atoms with Gasteiger partial charge in [0.15, 0.2) is 0 Å². The number of likely N-dealkylation sites (N-methyl/N-ethyl adjacent to an activating group) is 1. The fourth-order valence-electron chi connectivity index (χ4n) is 2.45. The van der Waals surface area contributed by atoms with Crippen LogP contribution in [0.15, 0.2) is 18.2 Å². The van der Waals surface area contributed by atoms with Gasteiger partial charge >= 0.3 is 0 Å². The van der Waals surface area contributed by atoms with Crippen molar-refractivity contribution in [3.63, 3.8) is 0 Å². The number of ether oxygens (including phenoxy) is 1. The highest BCUT2D eigenvalue weighted by Gasteiger charge is 2.21. The van der Waals surface area contributed by atoms with E-state index in [1.165, 1.54) is 6.07 Å². The summed E-state index contributed by atoms with van der Waals surface area (Å²) in [6, 6.07) is 5.62. The van der Waals surface area contributed by atoms with Crippen LogP contribution in [0.3, 0.4) is 0 Å². The highest BCUT2D eigenvalue weighted by atomic mass is 19.1. The van der Waals surface area contributed by atoms with Gasteiger partial charge in [-0.25, -0.2) is 4.39 Å². The van der Waals surface area contributed by atoms with E-state index >= 15 is 0 Å². The Hall–Kier alpha value is -1.13. The molecular formula is C14H21FN2O. The predicted molar refractivity (Wildman–Crippen MR) is 70.3 cm³/mol. The smallest absolute Gasteiger partial charge is 0.131 e. The van der Waals surface area contributed by atoms with Crippen molar-refractivity contribution in [2.75, 3.05) is 26.7 Å². The van der Waals surface area contributed by atoms with Crippen molar-refractivity contribution in [3.8, 4) is 5.75 Å². The number of nitrogens with zero attached hydrogens (tertiary/aromatic N) is 1. The van der Waals surface area contributed by atoms with Gasteiger partial charge in [-0.15, -0.1) is 0 Å². The van der Waals surface area contributed by atoms with Gasteiger partial charge in [-0.1, -0.05) is 13.0 Å². The second-order valence-electron chi connectivity index (χ2n) is 4.67. The molecule has 2 rings (SSSR count). The summed E-state index contributed by atoms with van der Waals surface area (Å²) in [7, 11) is 1.55. The van der Waals surface area contributed by atoms with E-state index < -0.39 is 0 Å². The summed E-state index contributed by atoms with van der Waals surface area (Å²) in [5.74, 6) is 0.389. The largest absolute Gasteiger partial charge is 0.497 e. The van der Waals surface area contributed by atoms with Gasteiger partial charge in [0.2, 0.25) is 0 Å². The van der Waals surface area contributed by atoms with E-state index in [-0.39, 0.29) is 5.82 Å². The fourth-order valence-corrected chi connectivity index (χ4v) is 2.45. The SMILES string of the molecule is CCN(Cc1ccc(OC)cc1F)C1CCNC1. The molecule has 1 saturated heterocycles. The topological polar surface area (TPSA) is 24.5 Å². The molecule has 4 heteroatoms. The van der Waals surface area contributed by atoms with Gasteiger partial charge in [0.05, 0.1) is 7.11 Å². The Bertz CT molecular complexity index is 391. The van der Waals surface area contributed by atoms with Crippen LogP contribution in [0.4, 0.5) is 4.39 Å². The first-order valence-corrected chi connectivity index (χ1v) is 6.51. The lowest BCUT2D eigenvalue weighted by Crippen LogP contribution is -2.36. The first kappa shape index (κ1) is 13.3. The van der Waals surface area contributed by atoms with Gasteiger partial charge in [0, 0.05) is 30.8 Å². The molecule has 1 aromatic rings. The van der Waals surface area contributed by atoms with Gasteiger partial charge < -0.3 is 10.1 Å². The molecule has 1 fully saturated rings. The lowest BCUT2D eigenvalue weighted by atomic mass is 10.1. The molecule has 1 atom stereocenters. The maximum Gasteiger partial charge on any atom is 0.131 e. The first-order valence-electron chi connectivity index (χ1n) is 6.51. The molecule has 0 aromatic heterocycles. The van der Waals surface area contributed by atoms with Crippen LogP contribution in [0.2, 0.25) is 0 Å². The highest BCUT2D eigenvalue weighted by molar-refractivity contribution is 5.28. The molecular weight excluding hydrogens is 231 g/mol. The maximum absolute atomic E-state index is 13.9. The molecule has 3 nitrogen and oxygen atoms in total. The molecule has 1 heterocycles. The summed E-state index contributed by atoms with van der Waals surface area (Å²) < 4.78 is 18.9. The minimum Gasteiger partial charge on any atom is -0.497 e. The van der Waals surface area contributed by atoms with Crippen LogP contribution >= 0.6 is 0 Å². The molecule has 1 aliphatic heterocycles. The average Bonchev–Trinajstić information content (AvgIpc) is 2.91. The third-order valence-corrected chi connectivity index (χ3v) is 3.59. The molecule has 0 aliphatic carbocycles. The van der Waals surface area contributed by atoms with Gasteiger partial charge in [-0.2, -0.15) is 0 Å². The first-order chi connectivity index (χ1) is 8.74. The van der Waals surface area contributed by atoms with Crippen molar-refractivity contribution in [3.05, 3.63) is 29.6 Å². The summed E-state index contributed by atoms with van der Waals surface area (Å²) >= 11 is 0. The second kappa shape index (κ2) is 6.16. The number of benzene rings is 1. The Morgan fingerprint density at radius 2 is 2.33 bits per heavy atom. The summed E-state index contributed by atoms with van der Waals surface area (Å²) in [4.78, 5) is 2.32. The van der Waals surface area contributed by atoms with Crippen molar-refractivity contribution in [2.24, 2.45) is 0 Å². The Balaban J connectivity index is 2.06. The molecule has 1 unspecified atom stereocenters. The molecule has 0 radical (unpaired) electrons. The molecule has 1 aromatic carbocycles. The van der Waals surface area contributed by atoms with Crippen molar-refractivity contribution < 1.29 is 9.13 Å². The standard InChI is InChI=1S/C14H21FN2O/c1-3-17(12-6-7-16-9-12)10-11-4-5-13(18-2)8-14(11)15/h4-5,8,12,16H,3,6-7,9-10H2,1-2H3. The van der Waals surface area contributed by atoms with Crippen LogP contribution < -0.4 is 10.1 Å². The Morgan fingerprint density at radius 1 is 1.50 bits per heavy atom. The summed E-state index contributed by atoms with van der Waals surface area (Å²) in [5.41, 5.74) is 0.740. The van der Waals surface area contributed by atoms with Crippen molar-refractivity contribution in [1.29, 1.82) is 0 Å². The predicted octanol–water partition coefficient (Wildman–Crippen LogP) is 2.02. The zero-order valence-electron chi connectivity index (χ0n) is 11.1. The van der Waals surface area contributed by atoms with Crippen LogP contribution in [-0.4, -0.2) is 37.7 Å². The number of rotatable bonds is 5. The molecule has 0 amide bonds. The van der Waals surface area contributed by atoms with Crippen molar-refractivity contribution in [2.45, 2.75) is 25.9 Å². The Morgan fingerprint density at radius 3 is 2.89 bits per heavy atom. The quantitative estimate of drug-likeness (QED) is 0.867. The van der Waals surface area contributed by atoms with Gasteiger partial charge in [0.1, 0.15) is 11.6 Å². The third kappa shape index (κ3) is 3.00. The van der Waals surface area contributed by atoms with Crippen LogP contribution in [0.5, 0.6) is 5.75 Å². The third-order valence-electron chi connectivity index (χ3n) is 3.59. The van der Waals surface area contributed by atoms with Crippen molar-refractivity contribution >= 4 is 0 Å². The summed E-state index contributed by atoms with van der Waals surface area (Å²) in [5, 5.41) is 3.35. The number of methoxy groups -OCH3 is 1. The van der Waals surface area contributed by atoms with Crippen LogP contribution in [0, 0.1) is 5.82 Å². The number of hydrogen-bond acceptors (Lipinski definition) is 3. The molecule has 100 valence electrons. The van der Waals surface area contributed by atoms with E-state index in [0.717, 1.165) is 31.6 Å². The van der Waals surface area contributed by atoms with E-state index in [1.54, 1.807) is 7.11 Å². The Kier molecular flexibility index (Phi) is 4.55. The zero-order valence-corrected chi connectivity index (χ0v) is 11.1. The maximum atomic E-state index is 13.9. The van der Waals surface area contributed by atoms with Crippen molar-refractivity contribution in [1.82, 2.24) is 10.2 Å². The minimum atomic E-state index is -0.182. The van der Waals surface area contributed by atoms with E-state index in [2.05, 4.69) is 17.1 Å². The fraction of sp³-hybridized carbons (Fsp3) is 0.571. The second-order valence-corrected chi connectivity index (χ2v) is 4.67. The molecule has 0 saturated carbocycles. The van der Waals surface area contributed by atoms with Gasteiger partial charge in [0.25, 0.3) is 0 Å². The Labute approximate surface area is 108 Å². The van der Waals surface area contributed by atoms with E-state index in [0.29, 0.717) is 18.3 Å². The van der Waals surface area contributed by atoms with Gasteiger partial charge in [-0.3, -0.25) is 4.90 Å². The molecule has 1 N–H and O–H groups in total. The lowest BCUT2D eigenvalue weighted by Gasteiger charge is -2.27. The average molecular weight is 252 g/mol. The number of hydrogen-bond donors (Lipinski definition) is 1. The van der Waals surface area contributed by atoms with Crippen LogP contribution in [-0.2, 0) is 6.54 Å². The van der Waals surface area contributed by atoms with Crippen LogP contribution in [0.25, 0.3) is 0 Å². The normalized spacial score (nSPS) is 19.4. The van der Waals surface area contributed by atoms with E-state index in [1.807, 2.05) is 12.1 Å². The molecule has 1 aliphatic rings. The summed E-state index contributed by atoms with van der Waals surface area (Å²) in [6.45, 7) is 5.80. The zero-order chi connectivity index (χ0) is 13.0. The number of nitrogens with one attached hydrogen (secondary N) is 1. The highest BCUT2D eigenvalue weighted by Crippen LogP contribution is 2.19.